The molecule has 2 aliphatic carbocycles. The number of piperazine rings is 1. The van der Waals surface area contributed by atoms with Gasteiger partial charge in [0.25, 0.3) is 0 Å². The molecule has 0 unspecified atom stereocenters. The molecule has 2 nitrogen and oxygen atoms in total. The van der Waals surface area contributed by atoms with Crippen LogP contribution in [0.1, 0.15) is 45.4 Å². The van der Waals surface area contributed by atoms with Gasteiger partial charge in [0.05, 0.1) is 0 Å². The first-order valence-corrected chi connectivity index (χ1v) is 8.18. The first kappa shape index (κ1) is 13.4. The Hall–Kier alpha value is -0.600. The van der Waals surface area contributed by atoms with Crippen molar-refractivity contribution >= 4 is 0 Å². The van der Waals surface area contributed by atoms with Crippen LogP contribution in [0.2, 0.25) is 0 Å². The van der Waals surface area contributed by atoms with Gasteiger partial charge in [0.1, 0.15) is 0 Å². The third-order valence-corrected chi connectivity index (χ3v) is 5.06. The Labute approximate surface area is 118 Å². The predicted molar refractivity (Wildman–Crippen MR) is 81.3 cm³/mol. The van der Waals surface area contributed by atoms with Gasteiger partial charge in [0.15, 0.2) is 0 Å². The zero-order chi connectivity index (χ0) is 13.1. The fourth-order valence-electron chi connectivity index (χ4n) is 3.96. The van der Waals surface area contributed by atoms with Crippen molar-refractivity contribution in [3.63, 3.8) is 0 Å². The van der Waals surface area contributed by atoms with E-state index in [0.717, 1.165) is 6.04 Å². The van der Waals surface area contributed by atoms with Crippen LogP contribution in [0.3, 0.4) is 0 Å². The normalized spacial score (nSPS) is 37.6. The molecule has 1 fully saturated rings. The Morgan fingerprint density at radius 1 is 0.895 bits per heavy atom. The molecule has 3 rings (SSSR count). The number of hydrogen-bond donors (Lipinski definition) is 0. The molecule has 1 heterocycles. The maximum Gasteiger partial charge on any atom is 0.0282 e. The van der Waals surface area contributed by atoms with Crippen LogP contribution in [0, 0.1) is 0 Å². The summed E-state index contributed by atoms with van der Waals surface area (Å²) >= 11 is 0. The van der Waals surface area contributed by atoms with Crippen molar-refractivity contribution in [3.8, 4) is 0 Å². The SMILES string of the molecule is C[C@H]1CN([C@H]2C=CCCC2)CCN1[C@H]1C=CCCC1. The molecular formula is C17H28N2. The predicted octanol–water partition coefficient (Wildman–Crippen LogP) is 3.21. The van der Waals surface area contributed by atoms with E-state index in [1.54, 1.807) is 0 Å². The molecule has 0 amide bonds. The lowest BCUT2D eigenvalue weighted by Crippen LogP contribution is -2.57. The summed E-state index contributed by atoms with van der Waals surface area (Å²) in [4.78, 5) is 5.45. The van der Waals surface area contributed by atoms with Crippen molar-refractivity contribution in [1.82, 2.24) is 9.80 Å². The summed E-state index contributed by atoms with van der Waals surface area (Å²) in [6, 6.07) is 2.14. The molecule has 1 aliphatic heterocycles. The second kappa shape index (κ2) is 6.23. The molecule has 0 N–H and O–H groups in total. The van der Waals surface area contributed by atoms with Crippen LogP contribution in [0.5, 0.6) is 0 Å². The Balaban J connectivity index is 1.58. The van der Waals surface area contributed by atoms with E-state index in [4.69, 9.17) is 0 Å². The van der Waals surface area contributed by atoms with E-state index in [-0.39, 0.29) is 0 Å². The fraction of sp³-hybridized carbons (Fsp3) is 0.765. The highest BCUT2D eigenvalue weighted by Crippen LogP contribution is 2.24. The van der Waals surface area contributed by atoms with Crippen LogP contribution in [0.4, 0.5) is 0 Å². The fourth-order valence-corrected chi connectivity index (χ4v) is 3.96. The van der Waals surface area contributed by atoms with E-state index in [0.29, 0.717) is 12.1 Å². The Morgan fingerprint density at radius 2 is 1.58 bits per heavy atom. The third kappa shape index (κ3) is 3.11. The minimum absolute atomic E-state index is 0.705. The lowest BCUT2D eigenvalue weighted by atomic mass is 9.96. The van der Waals surface area contributed by atoms with Gasteiger partial charge in [-0.3, -0.25) is 9.80 Å². The van der Waals surface area contributed by atoms with Gasteiger partial charge in [-0.25, -0.2) is 0 Å². The van der Waals surface area contributed by atoms with E-state index in [1.165, 1.54) is 58.2 Å². The van der Waals surface area contributed by atoms with Crippen LogP contribution in [0.25, 0.3) is 0 Å². The van der Waals surface area contributed by atoms with Crippen LogP contribution in [0.15, 0.2) is 24.3 Å². The Morgan fingerprint density at radius 3 is 2.16 bits per heavy atom. The van der Waals surface area contributed by atoms with E-state index >= 15 is 0 Å². The molecule has 19 heavy (non-hydrogen) atoms. The second-order valence-corrected chi connectivity index (χ2v) is 6.43. The molecular weight excluding hydrogens is 232 g/mol. The lowest BCUT2D eigenvalue weighted by molar-refractivity contribution is 0.0429. The Bertz CT molecular complexity index is 347. The van der Waals surface area contributed by atoms with Crippen molar-refractivity contribution in [2.24, 2.45) is 0 Å². The molecule has 0 spiro atoms. The summed E-state index contributed by atoms with van der Waals surface area (Å²) in [5.41, 5.74) is 0. The maximum atomic E-state index is 2.73. The van der Waals surface area contributed by atoms with Crippen LogP contribution < -0.4 is 0 Å². The summed E-state index contributed by atoms with van der Waals surface area (Å²) in [6.45, 7) is 6.17. The summed E-state index contributed by atoms with van der Waals surface area (Å²) in [6.07, 6.45) is 17.7. The van der Waals surface area contributed by atoms with Crippen molar-refractivity contribution < 1.29 is 0 Å². The van der Waals surface area contributed by atoms with Crippen molar-refractivity contribution in [2.75, 3.05) is 19.6 Å². The number of hydrogen-bond acceptors (Lipinski definition) is 2. The van der Waals surface area contributed by atoms with Gasteiger partial charge >= 0.3 is 0 Å². The largest absolute Gasteiger partial charge is 0.294 e. The van der Waals surface area contributed by atoms with Gasteiger partial charge in [0, 0.05) is 37.8 Å². The number of nitrogens with zero attached hydrogens (tertiary/aromatic N) is 2. The van der Waals surface area contributed by atoms with Gasteiger partial charge < -0.3 is 0 Å². The topological polar surface area (TPSA) is 6.48 Å². The summed E-state index contributed by atoms with van der Waals surface area (Å²) in [5, 5.41) is 0. The highest BCUT2D eigenvalue weighted by atomic mass is 15.3. The molecule has 2 heteroatoms. The summed E-state index contributed by atoms with van der Waals surface area (Å²) in [7, 11) is 0. The molecule has 0 aromatic heterocycles. The monoisotopic (exact) mass is 260 g/mol. The zero-order valence-corrected chi connectivity index (χ0v) is 12.3. The van der Waals surface area contributed by atoms with Gasteiger partial charge in [-0.15, -0.1) is 0 Å². The van der Waals surface area contributed by atoms with Crippen molar-refractivity contribution in [3.05, 3.63) is 24.3 Å². The van der Waals surface area contributed by atoms with Crippen molar-refractivity contribution in [1.29, 1.82) is 0 Å². The number of rotatable bonds is 2. The van der Waals surface area contributed by atoms with E-state index < -0.39 is 0 Å². The first-order chi connectivity index (χ1) is 9.34. The van der Waals surface area contributed by atoms with Crippen LogP contribution >= 0.6 is 0 Å². The summed E-state index contributed by atoms with van der Waals surface area (Å²) < 4.78 is 0. The van der Waals surface area contributed by atoms with Crippen LogP contribution in [-0.2, 0) is 0 Å². The van der Waals surface area contributed by atoms with Gasteiger partial charge in [-0.2, -0.15) is 0 Å². The van der Waals surface area contributed by atoms with Gasteiger partial charge in [-0.1, -0.05) is 24.3 Å². The highest BCUT2D eigenvalue weighted by Gasteiger charge is 2.31. The molecule has 0 aromatic rings. The molecule has 0 radical (unpaired) electrons. The smallest absolute Gasteiger partial charge is 0.0282 e. The Kier molecular flexibility index (Phi) is 4.39. The van der Waals surface area contributed by atoms with Gasteiger partial charge in [-0.05, 0) is 45.4 Å². The highest BCUT2D eigenvalue weighted by molar-refractivity contribution is 5.04. The zero-order valence-electron chi connectivity index (χ0n) is 12.3. The molecule has 0 aromatic carbocycles. The maximum absolute atomic E-state index is 2.73. The van der Waals surface area contributed by atoms with E-state index in [1.807, 2.05) is 0 Å². The van der Waals surface area contributed by atoms with Gasteiger partial charge in [0.2, 0.25) is 0 Å². The minimum Gasteiger partial charge on any atom is -0.294 e. The molecule has 0 saturated carbocycles. The second-order valence-electron chi connectivity index (χ2n) is 6.43. The molecule has 106 valence electrons. The average Bonchev–Trinajstić information content (AvgIpc) is 2.49. The van der Waals surface area contributed by atoms with E-state index in [2.05, 4.69) is 41.0 Å². The quantitative estimate of drug-likeness (QED) is 0.704. The first-order valence-electron chi connectivity index (χ1n) is 8.18. The standard InChI is InChI=1S/C17H28N2/c1-15-14-18(16-8-4-2-5-9-16)12-13-19(15)17-10-6-3-7-11-17/h4,6,8,10,15-17H,2-3,5,7,9,11-14H2,1H3/t15-,16-,17-/m0/s1. The summed E-state index contributed by atoms with van der Waals surface area (Å²) in [5.74, 6) is 0. The minimum atomic E-state index is 0.705. The lowest BCUT2D eigenvalue weighted by Gasteiger charge is -2.46. The van der Waals surface area contributed by atoms with Crippen molar-refractivity contribution in [2.45, 2.75) is 63.6 Å². The molecule has 3 atom stereocenters. The molecule has 0 bridgehead atoms. The molecule has 1 saturated heterocycles. The number of allylic oxidation sites excluding steroid dienone is 2. The van der Waals surface area contributed by atoms with Crippen LogP contribution in [-0.4, -0.2) is 47.6 Å². The molecule has 3 aliphatic rings. The third-order valence-electron chi connectivity index (χ3n) is 5.06. The average molecular weight is 260 g/mol. The van der Waals surface area contributed by atoms with E-state index in [9.17, 15) is 0 Å².